The van der Waals surface area contributed by atoms with Crippen molar-refractivity contribution in [3.63, 3.8) is 0 Å². The highest BCUT2D eigenvalue weighted by atomic mass is 35.5. The van der Waals surface area contributed by atoms with Gasteiger partial charge in [0.2, 0.25) is 0 Å². The normalized spacial score (nSPS) is 11.1. The van der Waals surface area contributed by atoms with Gasteiger partial charge in [-0.05, 0) is 37.4 Å². The van der Waals surface area contributed by atoms with Gasteiger partial charge >= 0.3 is 0 Å². The predicted molar refractivity (Wildman–Crippen MR) is 110 cm³/mol. The fraction of sp³-hybridized carbons (Fsp3) is 0.150. The molecule has 0 saturated heterocycles. The van der Waals surface area contributed by atoms with Crippen molar-refractivity contribution in [2.45, 2.75) is 20.4 Å². The van der Waals surface area contributed by atoms with E-state index < -0.39 is 0 Å². The summed E-state index contributed by atoms with van der Waals surface area (Å²) in [6.45, 7) is 4.50. The summed E-state index contributed by atoms with van der Waals surface area (Å²) in [5.74, 6) is -0.288. The average Bonchev–Trinajstić information content (AvgIpc) is 3.26. The number of pyridine rings is 1. The first-order valence-electron chi connectivity index (χ1n) is 8.45. The molecule has 0 aliphatic carbocycles. The van der Waals surface area contributed by atoms with Crippen molar-refractivity contribution in [2.24, 2.45) is 0 Å². The first-order chi connectivity index (χ1) is 13.0. The summed E-state index contributed by atoms with van der Waals surface area (Å²) in [6.07, 6.45) is 1.51. The maximum atomic E-state index is 12.7. The monoisotopic (exact) mass is 396 g/mol. The van der Waals surface area contributed by atoms with E-state index in [-0.39, 0.29) is 5.91 Å². The van der Waals surface area contributed by atoms with Crippen molar-refractivity contribution in [1.29, 1.82) is 0 Å². The second-order valence-electron chi connectivity index (χ2n) is 6.33. The number of benzene rings is 1. The number of fused-ring (bicyclic) bond motifs is 1. The molecule has 1 amide bonds. The summed E-state index contributed by atoms with van der Waals surface area (Å²) in [5, 5.41) is 10.5. The third-order valence-electron chi connectivity index (χ3n) is 4.31. The van der Waals surface area contributed by atoms with Gasteiger partial charge < -0.3 is 5.32 Å². The Morgan fingerprint density at radius 1 is 1.22 bits per heavy atom. The number of amides is 1. The Kier molecular flexibility index (Phi) is 4.68. The Balaban J connectivity index is 1.68. The number of aromatic nitrogens is 3. The third kappa shape index (κ3) is 3.46. The van der Waals surface area contributed by atoms with E-state index >= 15 is 0 Å². The van der Waals surface area contributed by atoms with Crippen LogP contribution in [-0.4, -0.2) is 20.7 Å². The molecule has 0 bridgehead atoms. The van der Waals surface area contributed by atoms with Crippen LogP contribution in [0.1, 0.15) is 26.5 Å². The maximum Gasteiger partial charge on any atom is 0.258 e. The number of anilines is 1. The number of nitrogens with zero attached hydrogens (tertiary/aromatic N) is 3. The lowest BCUT2D eigenvalue weighted by Gasteiger charge is -2.08. The number of thiophene rings is 1. The van der Waals surface area contributed by atoms with Gasteiger partial charge in [0.05, 0.1) is 28.2 Å². The van der Waals surface area contributed by atoms with Crippen LogP contribution < -0.4 is 5.32 Å². The highest BCUT2D eigenvalue weighted by molar-refractivity contribution is 7.09. The van der Waals surface area contributed by atoms with Crippen LogP contribution in [0.5, 0.6) is 0 Å². The fourth-order valence-corrected chi connectivity index (χ4v) is 3.97. The molecule has 0 aliphatic heterocycles. The Labute approximate surface area is 165 Å². The molecule has 3 heterocycles. The minimum absolute atomic E-state index is 0.288. The number of halogens is 1. The SMILES string of the molecule is Cc1ccc(NC(=O)c2cnc3c(c(C)nn3Cc3cccs3)c2Cl)cc1. The van der Waals surface area contributed by atoms with E-state index in [1.807, 2.05) is 54.2 Å². The minimum Gasteiger partial charge on any atom is -0.322 e. The van der Waals surface area contributed by atoms with Gasteiger partial charge in [-0.2, -0.15) is 5.10 Å². The molecule has 1 N–H and O–H groups in total. The molecule has 4 aromatic rings. The summed E-state index contributed by atoms with van der Waals surface area (Å²) in [6, 6.07) is 11.7. The molecule has 1 aromatic carbocycles. The number of nitrogens with one attached hydrogen (secondary N) is 1. The van der Waals surface area contributed by atoms with E-state index in [0.29, 0.717) is 33.9 Å². The number of carbonyl (C=O) groups excluding carboxylic acids is 1. The molecule has 0 fully saturated rings. The van der Waals surface area contributed by atoms with Crippen LogP contribution in [0, 0.1) is 13.8 Å². The Bertz CT molecular complexity index is 1120. The second-order valence-corrected chi connectivity index (χ2v) is 7.74. The largest absolute Gasteiger partial charge is 0.322 e. The van der Waals surface area contributed by atoms with Crippen molar-refractivity contribution in [2.75, 3.05) is 5.32 Å². The van der Waals surface area contributed by atoms with Crippen LogP contribution in [0.15, 0.2) is 48.0 Å². The molecule has 4 rings (SSSR count). The Morgan fingerprint density at radius 3 is 2.70 bits per heavy atom. The van der Waals surface area contributed by atoms with Crippen LogP contribution >= 0.6 is 22.9 Å². The molecule has 0 spiro atoms. The van der Waals surface area contributed by atoms with Gasteiger partial charge in [-0.3, -0.25) is 4.79 Å². The summed E-state index contributed by atoms with van der Waals surface area (Å²) in [5.41, 5.74) is 3.61. The molecule has 3 aromatic heterocycles. The van der Waals surface area contributed by atoms with E-state index in [1.165, 1.54) is 11.1 Å². The third-order valence-corrected chi connectivity index (χ3v) is 5.57. The molecular formula is C20H17ClN4OS. The van der Waals surface area contributed by atoms with E-state index in [0.717, 1.165) is 11.3 Å². The zero-order valence-electron chi connectivity index (χ0n) is 14.9. The maximum absolute atomic E-state index is 12.7. The van der Waals surface area contributed by atoms with Gasteiger partial charge in [-0.25, -0.2) is 9.67 Å². The van der Waals surface area contributed by atoms with Gasteiger partial charge in [0.1, 0.15) is 0 Å². The van der Waals surface area contributed by atoms with Crippen LogP contribution in [-0.2, 0) is 6.54 Å². The smallest absolute Gasteiger partial charge is 0.258 e. The van der Waals surface area contributed by atoms with Crippen LogP contribution in [0.4, 0.5) is 5.69 Å². The van der Waals surface area contributed by atoms with Crippen molar-refractivity contribution < 1.29 is 4.79 Å². The van der Waals surface area contributed by atoms with Gasteiger partial charge in [0.25, 0.3) is 5.91 Å². The van der Waals surface area contributed by atoms with Gasteiger partial charge in [-0.1, -0.05) is 35.4 Å². The topological polar surface area (TPSA) is 59.8 Å². The van der Waals surface area contributed by atoms with Crippen LogP contribution in [0.3, 0.4) is 0 Å². The first kappa shape index (κ1) is 17.7. The predicted octanol–water partition coefficient (Wildman–Crippen LogP) is 5.06. The molecule has 0 radical (unpaired) electrons. The second kappa shape index (κ2) is 7.13. The van der Waals surface area contributed by atoms with Crippen molar-refractivity contribution in [3.8, 4) is 0 Å². The van der Waals surface area contributed by atoms with E-state index in [2.05, 4.69) is 21.5 Å². The lowest BCUT2D eigenvalue weighted by atomic mass is 10.2. The molecule has 27 heavy (non-hydrogen) atoms. The van der Waals surface area contributed by atoms with Gasteiger partial charge in [0.15, 0.2) is 5.65 Å². The number of hydrogen-bond donors (Lipinski definition) is 1. The molecule has 136 valence electrons. The first-order valence-corrected chi connectivity index (χ1v) is 9.70. The quantitative estimate of drug-likeness (QED) is 0.524. The van der Waals surface area contributed by atoms with E-state index in [1.54, 1.807) is 11.3 Å². The summed E-state index contributed by atoms with van der Waals surface area (Å²) in [7, 11) is 0. The standard InChI is InChI=1S/C20H17ClN4OS/c1-12-5-7-14(8-6-12)23-20(26)16-10-22-19-17(18(16)21)13(2)24-25(19)11-15-4-3-9-27-15/h3-10H,11H2,1-2H3,(H,23,26). The number of aryl methyl sites for hydroxylation is 2. The van der Waals surface area contributed by atoms with Gasteiger partial charge in [0, 0.05) is 16.8 Å². The number of hydrogen-bond acceptors (Lipinski definition) is 4. The summed E-state index contributed by atoms with van der Waals surface area (Å²) < 4.78 is 1.82. The van der Waals surface area contributed by atoms with Crippen LogP contribution in [0.25, 0.3) is 11.0 Å². The molecule has 7 heteroatoms. The number of rotatable bonds is 4. The molecule has 0 atom stereocenters. The highest BCUT2D eigenvalue weighted by Crippen LogP contribution is 2.29. The van der Waals surface area contributed by atoms with Crippen molar-refractivity contribution in [3.05, 3.63) is 74.7 Å². The zero-order valence-corrected chi connectivity index (χ0v) is 16.4. The highest BCUT2D eigenvalue weighted by Gasteiger charge is 2.19. The van der Waals surface area contributed by atoms with Crippen LogP contribution in [0.2, 0.25) is 5.02 Å². The lowest BCUT2D eigenvalue weighted by Crippen LogP contribution is -2.13. The average molecular weight is 397 g/mol. The van der Waals surface area contributed by atoms with Crippen molar-refractivity contribution >= 4 is 45.6 Å². The van der Waals surface area contributed by atoms with E-state index in [9.17, 15) is 4.79 Å². The summed E-state index contributed by atoms with van der Waals surface area (Å²) in [4.78, 5) is 18.3. The Hall–Kier alpha value is -2.70. The number of carbonyl (C=O) groups is 1. The minimum atomic E-state index is -0.288. The molecule has 0 saturated carbocycles. The lowest BCUT2D eigenvalue weighted by molar-refractivity contribution is 0.102. The van der Waals surface area contributed by atoms with E-state index in [4.69, 9.17) is 11.6 Å². The zero-order chi connectivity index (χ0) is 19.0. The Morgan fingerprint density at radius 2 is 2.00 bits per heavy atom. The molecule has 5 nitrogen and oxygen atoms in total. The molecule has 0 aliphatic rings. The molecule has 0 unspecified atom stereocenters. The van der Waals surface area contributed by atoms with Gasteiger partial charge in [-0.15, -0.1) is 11.3 Å². The summed E-state index contributed by atoms with van der Waals surface area (Å²) >= 11 is 8.24. The fourth-order valence-electron chi connectivity index (χ4n) is 2.93. The molecular weight excluding hydrogens is 380 g/mol. The van der Waals surface area contributed by atoms with Crippen molar-refractivity contribution in [1.82, 2.24) is 14.8 Å².